The molecule has 0 saturated carbocycles. The lowest BCUT2D eigenvalue weighted by atomic mass is 10.1. The second-order valence-electron chi connectivity index (χ2n) is 9.17. The second kappa shape index (κ2) is 9.92. The van der Waals surface area contributed by atoms with Crippen LogP contribution in [-0.4, -0.2) is 71.0 Å². The summed E-state index contributed by atoms with van der Waals surface area (Å²) in [6.45, 7) is 2.77. The molecule has 2 aromatic carbocycles. The first kappa shape index (κ1) is 24.3. The smallest absolute Gasteiger partial charge is 0.268 e. The number of ether oxygens (including phenoxy) is 2. The van der Waals surface area contributed by atoms with Crippen molar-refractivity contribution in [1.29, 1.82) is 0 Å². The molecule has 11 nitrogen and oxygen atoms in total. The number of fused-ring (bicyclic) bond motifs is 1. The van der Waals surface area contributed by atoms with E-state index in [9.17, 15) is 14.4 Å². The lowest BCUT2D eigenvalue weighted by Gasteiger charge is -2.18. The summed E-state index contributed by atoms with van der Waals surface area (Å²) in [7, 11) is 3.32. The zero-order valence-corrected chi connectivity index (χ0v) is 20.8. The van der Waals surface area contributed by atoms with Crippen LogP contribution < -0.4 is 14.4 Å². The van der Waals surface area contributed by atoms with E-state index in [-0.39, 0.29) is 30.9 Å². The molecule has 2 aliphatic heterocycles. The molecule has 1 atom stereocenters. The van der Waals surface area contributed by atoms with Crippen molar-refractivity contribution in [1.82, 2.24) is 19.9 Å². The summed E-state index contributed by atoms with van der Waals surface area (Å²) >= 11 is 0. The third-order valence-corrected chi connectivity index (χ3v) is 6.30. The first-order valence-corrected chi connectivity index (χ1v) is 11.9. The molecule has 2 aliphatic rings. The van der Waals surface area contributed by atoms with Gasteiger partial charge in [0.25, 0.3) is 17.7 Å². The molecule has 0 N–H and O–H groups in total. The Hall–Kier alpha value is -4.41. The molecular weight excluding hydrogens is 478 g/mol. The number of carbonyl (C=O) groups excluding carboxylic acids is 3. The number of hydrogen-bond acceptors (Lipinski definition) is 8. The summed E-state index contributed by atoms with van der Waals surface area (Å²) in [5.74, 6) is 1.57. The highest BCUT2D eigenvalue weighted by molar-refractivity contribution is 6.03. The number of nitrogens with zero attached hydrogens (tertiary/aromatic N) is 5. The fourth-order valence-electron chi connectivity index (χ4n) is 4.29. The minimum atomic E-state index is -0.633. The summed E-state index contributed by atoms with van der Waals surface area (Å²) in [4.78, 5) is 46.7. The van der Waals surface area contributed by atoms with Gasteiger partial charge in [-0.1, -0.05) is 11.2 Å². The fourth-order valence-corrected chi connectivity index (χ4v) is 4.29. The van der Waals surface area contributed by atoms with Crippen molar-refractivity contribution in [2.45, 2.75) is 32.6 Å². The van der Waals surface area contributed by atoms with Gasteiger partial charge in [0.15, 0.2) is 18.5 Å². The molecule has 3 heterocycles. The average Bonchev–Trinajstić information content (AvgIpc) is 3.56. The normalized spacial score (nSPS) is 16.8. The molecule has 3 amide bonds. The van der Waals surface area contributed by atoms with Crippen molar-refractivity contribution in [3.05, 3.63) is 65.3 Å². The first-order valence-electron chi connectivity index (χ1n) is 11.9. The number of anilines is 1. The van der Waals surface area contributed by atoms with Crippen LogP contribution in [0.3, 0.4) is 0 Å². The summed E-state index contributed by atoms with van der Waals surface area (Å²) in [6.07, 6.45) is -0.117. The molecule has 37 heavy (non-hydrogen) atoms. The molecule has 0 spiro atoms. The van der Waals surface area contributed by atoms with Gasteiger partial charge in [0.2, 0.25) is 5.91 Å². The molecular formula is C26H27N5O6. The van der Waals surface area contributed by atoms with Gasteiger partial charge in [-0.15, -0.1) is 0 Å². The third-order valence-electron chi connectivity index (χ3n) is 6.30. The van der Waals surface area contributed by atoms with Crippen LogP contribution in [0, 0.1) is 6.92 Å². The van der Waals surface area contributed by atoms with Gasteiger partial charge >= 0.3 is 0 Å². The monoisotopic (exact) mass is 505 g/mol. The van der Waals surface area contributed by atoms with Gasteiger partial charge in [0, 0.05) is 44.9 Å². The summed E-state index contributed by atoms with van der Waals surface area (Å²) < 4.78 is 16.6. The lowest BCUT2D eigenvalue weighted by Crippen LogP contribution is -2.36. The third kappa shape index (κ3) is 5.11. The fraction of sp³-hybridized carbons (Fsp3) is 0.346. The van der Waals surface area contributed by atoms with E-state index in [0.717, 1.165) is 5.56 Å². The number of hydrogen-bond donors (Lipinski definition) is 0. The SMILES string of the molecule is Cc1noc(COc2ccc(O[C@@H]3CCN(c4ccc5c(c4)C(=O)N(CC(=O)N(C)C)C5)C3=O)cc2)n1. The van der Waals surface area contributed by atoms with Crippen molar-refractivity contribution < 1.29 is 28.4 Å². The standard InChI is InChI=1S/C26H27N5O6/c1-16-27-23(37-28-16)15-35-19-6-8-20(9-7-19)36-22-10-11-31(26(22)34)18-5-4-17-13-30(14-24(32)29(2)3)25(33)21(17)12-18/h4-9,12,22H,10-11,13-15H2,1-3H3/t22-/m1/s1. The molecule has 1 aromatic heterocycles. The molecule has 1 fully saturated rings. The van der Waals surface area contributed by atoms with Gasteiger partial charge < -0.3 is 28.7 Å². The van der Waals surface area contributed by atoms with E-state index in [2.05, 4.69) is 10.1 Å². The summed E-state index contributed by atoms with van der Waals surface area (Å²) in [6, 6.07) is 12.4. The Morgan fingerprint density at radius 3 is 2.59 bits per heavy atom. The molecule has 192 valence electrons. The molecule has 11 heteroatoms. The number of aryl methyl sites for hydroxylation is 1. The van der Waals surface area contributed by atoms with E-state index in [1.165, 1.54) is 9.80 Å². The number of amides is 3. The van der Waals surface area contributed by atoms with E-state index in [1.54, 1.807) is 56.3 Å². The van der Waals surface area contributed by atoms with Crippen molar-refractivity contribution >= 4 is 23.4 Å². The van der Waals surface area contributed by atoms with Crippen LogP contribution >= 0.6 is 0 Å². The van der Waals surface area contributed by atoms with Crippen molar-refractivity contribution in [3.8, 4) is 11.5 Å². The van der Waals surface area contributed by atoms with E-state index >= 15 is 0 Å². The average molecular weight is 506 g/mol. The number of benzene rings is 2. The number of likely N-dealkylation sites (N-methyl/N-ethyl adjacent to an activating group) is 1. The van der Waals surface area contributed by atoms with Gasteiger partial charge in [0.1, 0.15) is 18.0 Å². The maximum absolute atomic E-state index is 13.1. The lowest BCUT2D eigenvalue weighted by molar-refractivity contribution is -0.129. The molecule has 0 radical (unpaired) electrons. The molecule has 3 aromatic rings. The zero-order valence-electron chi connectivity index (χ0n) is 20.8. The maximum atomic E-state index is 13.1. The highest BCUT2D eigenvalue weighted by Crippen LogP contribution is 2.31. The van der Waals surface area contributed by atoms with Crippen molar-refractivity contribution in [3.63, 3.8) is 0 Å². The van der Waals surface area contributed by atoms with E-state index in [0.29, 0.717) is 54.0 Å². The van der Waals surface area contributed by atoms with Gasteiger partial charge in [-0.25, -0.2) is 0 Å². The van der Waals surface area contributed by atoms with Crippen LogP contribution in [0.2, 0.25) is 0 Å². The molecule has 0 aliphatic carbocycles. The number of carbonyl (C=O) groups is 3. The highest BCUT2D eigenvalue weighted by Gasteiger charge is 2.36. The predicted molar refractivity (Wildman–Crippen MR) is 131 cm³/mol. The minimum Gasteiger partial charge on any atom is -0.484 e. The number of rotatable bonds is 8. The zero-order chi connectivity index (χ0) is 26.1. The van der Waals surface area contributed by atoms with Crippen LogP contribution in [0.15, 0.2) is 47.0 Å². The van der Waals surface area contributed by atoms with Crippen LogP contribution in [0.4, 0.5) is 5.69 Å². The molecule has 1 saturated heterocycles. The first-order chi connectivity index (χ1) is 17.8. The molecule has 0 unspecified atom stereocenters. The van der Waals surface area contributed by atoms with Gasteiger partial charge in [0.05, 0.1) is 0 Å². The summed E-state index contributed by atoms with van der Waals surface area (Å²) in [5, 5.41) is 3.72. The largest absolute Gasteiger partial charge is 0.484 e. The predicted octanol–water partition coefficient (Wildman–Crippen LogP) is 2.19. The van der Waals surface area contributed by atoms with Gasteiger partial charge in [-0.3, -0.25) is 14.4 Å². The molecule has 5 rings (SSSR count). The minimum absolute atomic E-state index is 0.0227. The van der Waals surface area contributed by atoms with E-state index in [1.807, 2.05) is 12.1 Å². The number of aromatic nitrogens is 2. The van der Waals surface area contributed by atoms with Gasteiger partial charge in [-0.2, -0.15) is 4.98 Å². The van der Waals surface area contributed by atoms with Gasteiger partial charge in [-0.05, 0) is 48.9 Å². The Balaban J connectivity index is 1.19. The summed E-state index contributed by atoms with van der Waals surface area (Å²) in [5.41, 5.74) is 2.01. The highest BCUT2D eigenvalue weighted by atomic mass is 16.5. The Kier molecular flexibility index (Phi) is 6.51. The Morgan fingerprint density at radius 1 is 1.14 bits per heavy atom. The van der Waals surface area contributed by atoms with Crippen LogP contribution in [0.5, 0.6) is 11.5 Å². The molecule has 0 bridgehead atoms. The maximum Gasteiger partial charge on any atom is 0.268 e. The van der Waals surface area contributed by atoms with Crippen LogP contribution in [0.1, 0.15) is 34.1 Å². The van der Waals surface area contributed by atoms with E-state index in [4.69, 9.17) is 14.0 Å². The van der Waals surface area contributed by atoms with Crippen LogP contribution in [0.25, 0.3) is 0 Å². The van der Waals surface area contributed by atoms with Crippen molar-refractivity contribution in [2.24, 2.45) is 0 Å². The quantitative estimate of drug-likeness (QED) is 0.457. The van der Waals surface area contributed by atoms with E-state index < -0.39 is 6.10 Å². The van der Waals surface area contributed by atoms with Crippen LogP contribution in [-0.2, 0) is 22.7 Å². The second-order valence-corrected chi connectivity index (χ2v) is 9.17. The topological polar surface area (TPSA) is 118 Å². The Bertz CT molecular complexity index is 1340. The Labute approximate surface area is 213 Å². The Morgan fingerprint density at radius 2 is 1.89 bits per heavy atom. The van der Waals surface area contributed by atoms with Crippen molar-refractivity contribution in [2.75, 3.05) is 32.1 Å².